The summed E-state index contributed by atoms with van der Waals surface area (Å²) >= 11 is 0. The first-order chi connectivity index (χ1) is 15.0. The first-order valence-corrected chi connectivity index (χ1v) is 9.93. The molecule has 0 atom stereocenters. The number of hydrogen-bond donors (Lipinski definition) is 0. The van der Waals surface area contributed by atoms with Crippen LogP contribution < -0.4 is 4.74 Å². The molecule has 0 aliphatic rings. The molecule has 31 heavy (non-hydrogen) atoms. The van der Waals surface area contributed by atoms with E-state index in [4.69, 9.17) is 14.2 Å². The molecule has 3 rings (SSSR count). The van der Waals surface area contributed by atoms with E-state index in [1.165, 1.54) is 26.4 Å². The molecule has 0 saturated carbocycles. The smallest absolute Gasteiger partial charge is 0.342 e. The fourth-order valence-corrected chi connectivity index (χ4v) is 3.43. The fraction of sp³-hybridized carbons (Fsp3) is 0.292. The molecule has 0 spiro atoms. The van der Waals surface area contributed by atoms with Gasteiger partial charge in [-0.15, -0.1) is 0 Å². The Hall–Kier alpha value is -3.48. The summed E-state index contributed by atoms with van der Waals surface area (Å²) in [6.45, 7) is 1.95. The summed E-state index contributed by atoms with van der Waals surface area (Å²) in [7, 11) is 2.81. The highest BCUT2D eigenvalue weighted by Gasteiger charge is 2.21. The molecule has 0 N–H and O–H groups in total. The van der Waals surface area contributed by atoms with Gasteiger partial charge in [-0.2, -0.15) is 0 Å². The van der Waals surface area contributed by atoms with Gasteiger partial charge in [0.2, 0.25) is 0 Å². The molecule has 0 amide bonds. The van der Waals surface area contributed by atoms with Gasteiger partial charge in [-0.1, -0.05) is 12.1 Å². The van der Waals surface area contributed by atoms with E-state index < -0.39 is 5.97 Å². The van der Waals surface area contributed by atoms with Gasteiger partial charge in [-0.05, 0) is 60.7 Å². The summed E-state index contributed by atoms with van der Waals surface area (Å²) in [4.78, 5) is 28.8. The third-order valence-corrected chi connectivity index (χ3v) is 4.92. The van der Waals surface area contributed by atoms with E-state index in [1.807, 2.05) is 6.07 Å². The van der Waals surface area contributed by atoms with Crippen molar-refractivity contribution < 1.29 is 28.2 Å². The molecular formula is C24H24FNO5. The number of hydrogen-bond acceptors (Lipinski definition) is 6. The van der Waals surface area contributed by atoms with Crippen molar-refractivity contribution in [2.75, 3.05) is 20.8 Å². The average molecular weight is 425 g/mol. The molecule has 7 heteroatoms. The summed E-state index contributed by atoms with van der Waals surface area (Å²) in [5.41, 5.74) is 3.38. The van der Waals surface area contributed by atoms with Crippen LogP contribution >= 0.6 is 0 Å². The van der Waals surface area contributed by atoms with Crippen LogP contribution in [0.4, 0.5) is 4.39 Å². The zero-order chi connectivity index (χ0) is 22.4. The highest BCUT2D eigenvalue weighted by atomic mass is 19.1. The predicted octanol–water partition coefficient (Wildman–Crippen LogP) is 4.26. The normalized spacial score (nSPS) is 10.7. The van der Waals surface area contributed by atoms with E-state index in [-0.39, 0.29) is 30.4 Å². The highest BCUT2D eigenvalue weighted by molar-refractivity contribution is 6.01. The number of pyridine rings is 1. The molecule has 2 aromatic carbocycles. The van der Waals surface area contributed by atoms with Gasteiger partial charge >= 0.3 is 11.9 Å². The molecule has 0 saturated heterocycles. The van der Waals surface area contributed by atoms with Crippen LogP contribution in [-0.4, -0.2) is 37.7 Å². The van der Waals surface area contributed by atoms with Crippen molar-refractivity contribution >= 4 is 22.8 Å². The van der Waals surface area contributed by atoms with Gasteiger partial charge in [-0.3, -0.25) is 9.78 Å². The number of carbonyl (C=O) groups is 2. The van der Waals surface area contributed by atoms with Crippen LogP contribution in [0.2, 0.25) is 0 Å². The first-order valence-electron chi connectivity index (χ1n) is 9.93. The lowest BCUT2D eigenvalue weighted by atomic mass is 9.96. The van der Waals surface area contributed by atoms with Gasteiger partial charge in [0, 0.05) is 18.0 Å². The standard InChI is InChI=1S/C24H24FNO5/c1-4-31-24(28)20-13-17(7-10-21(27)29-2)19-12-16(14-26-22(19)23(20)30-3)11-15-5-8-18(25)9-6-15/h5-6,8-9,12-14H,4,7,10-11H2,1-3H3. The lowest BCUT2D eigenvalue weighted by Gasteiger charge is -2.15. The molecule has 1 heterocycles. The van der Waals surface area contributed by atoms with Crippen molar-refractivity contribution in [3.05, 3.63) is 70.7 Å². The molecular weight excluding hydrogens is 401 g/mol. The molecule has 0 unspecified atom stereocenters. The Morgan fingerprint density at radius 1 is 1.06 bits per heavy atom. The second kappa shape index (κ2) is 10.0. The first kappa shape index (κ1) is 22.2. The van der Waals surface area contributed by atoms with Crippen LogP contribution in [-0.2, 0) is 27.1 Å². The Morgan fingerprint density at radius 2 is 1.81 bits per heavy atom. The number of carbonyl (C=O) groups excluding carboxylic acids is 2. The van der Waals surface area contributed by atoms with Gasteiger partial charge in [0.25, 0.3) is 0 Å². The Bertz CT molecular complexity index is 1100. The van der Waals surface area contributed by atoms with Gasteiger partial charge in [0.15, 0.2) is 5.75 Å². The summed E-state index contributed by atoms with van der Waals surface area (Å²) in [6.07, 6.45) is 2.78. The number of methoxy groups -OCH3 is 2. The lowest BCUT2D eigenvalue weighted by molar-refractivity contribution is -0.140. The lowest BCUT2D eigenvalue weighted by Crippen LogP contribution is -2.10. The average Bonchev–Trinajstić information content (AvgIpc) is 2.78. The van der Waals surface area contributed by atoms with Crippen molar-refractivity contribution in [3.8, 4) is 5.75 Å². The van der Waals surface area contributed by atoms with E-state index in [1.54, 1.807) is 31.3 Å². The van der Waals surface area contributed by atoms with E-state index in [9.17, 15) is 14.0 Å². The molecule has 0 fully saturated rings. The summed E-state index contributed by atoms with van der Waals surface area (Å²) < 4.78 is 28.6. The number of nitrogens with zero attached hydrogens (tertiary/aromatic N) is 1. The van der Waals surface area contributed by atoms with Crippen molar-refractivity contribution in [2.24, 2.45) is 0 Å². The van der Waals surface area contributed by atoms with Crippen molar-refractivity contribution in [1.29, 1.82) is 0 Å². The Balaban J connectivity index is 2.10. The van der Waals surface area contributed by atoms with Crippen LogP contribution in [0.5, 0.6) is 5.75 Å². The number of halogens is 1. The number of benzene rings is 2. The van der Waals surface area contributed by atoms with Gasteiger partial charge in [0.1, 0.15) is 16.9 Å². The Kier molecular flexibility index (Phi) is 7.18. The summed E-state index contributed by atoms with van der Waals surface area (Å²) in [5, 5.41) is 0.772. The summed E-state index contributed by atoms with van der Waals surface area (Å²) in [6, 6.07) is 9.92. The largest absolute Gasteiger partial charge is 0.494 e. The molecule has 6 nitrogen and oxygen atoms in total. The monoisotopic (exact) mass is 425 g/mol. The van der Waals surface area contributed by atoms with E-state index in [0.717, 1.165) is 22.1 Å². The quantitative estimate of drug-likeness (QED) is 0.502. The molecule has 0 bridgehead atoms. The molecule has 0 aliphatic carbocycles. The topological polar surface area (TPSA) is 74.7 Å². The predicted molar refractivity (Wildman–Crippen MR) is 114 cm³/mol. The number of ether oxygens (including phenoxy) is 3. The number of aromatic nitrogens is 1. The van der Waals surface area contributed by atoms with Crippen LogP contribution in [0.3, 0.4) is 0 Å². The van der Waals surface area contributed by atoms with Gasteiger partial charge < -0.3 is 14.2 Å². The second-order valence-electron chi connectivity index (χ2n) is 6.96. The van der Waals surface area contributed by atoms with Crippen molar-refractivity contribution in [1.82, 2.24) is 4.98 Å². The molecule has 3 aromatic rings. The molecule has 162 valence electrons. The summed E-state index contributed by atoms with van der Waals surface area (Å²) in [5.74, 6) is -0.833. The van der Waals surface area contributed by atoms with Crippen LogP contribution in [0.1, 0.15) is 40.4 Å². The van der Waals surface area contributed by atoms with Gasteiger partial charge in [-0.25, -0.2) is 9.18 Å². The minimum absolute atomic E-state index is 0.155. The maximum absolute atomic E-state index is 13.2. The van der Waals surface area contributed by atoms with E-state index in [2.05, 4.69) is 4.98 Å². The number of esters is 2. The van der Waals surface area contributed by atoms with E-state index >= 15 is 0 Å². The maximum atomic E-state index is 13.2. The Morgan fingerprint density at radius 3 is 2.45 bits per heavy atom. The Labute approximate surface area is 180 Å². The molecule has 1 aromatic heterocycles. The molecule has 0 radical (unpaired) electrons. The maximum Gasteiger partial charge on any atom is 0.342 e. The zero-order valence-corrected chi connectivity index (χ0v) is 17.7. The minimum Gasteiger partial charge on any atom is -0.494 e. The molecule has 0 aliphatic heterocycles. The van der Waals surface area contributed by atoms with Crippen LogP contribution in [0.25, 0.3) is 10.9 Å². The number of aryl methyl sites for hydroxylation is 1. The van der Waals surface area contributed by atoms with Gasteiger partial charge in [0.05, 0.1) is 20.8 Å². The van der Waals surface area contributed by atoms with Crippen molar-refractivity contribution in [3.63, 3.8) is 0 Å². The second-order valence-corrected chi connectivity index (χ2v) is 6.96. The minimum atomic E-state index is -0.516. The van der Waals surface area contributed by atoms with Crippen molar-refractivity contribution in [2.45, 2.75) is 26.2 Å². The third-order valence-electron chi connectivity index (χ3n) is 4.92. The number of rotatable bonds is 8. The van der Waals surface area contributed by atoms with E-state index in [0.29, 0.717) is 24.1 Å². The number of fused-ring (bicyclic) bond motifs is 1. The van der Waals surface area contributed by atoms with Crippen LogP contribution in [0.15, 0.2) is 42.6 Å². The third kappa shape index (κ3) is 5.17. The fourth-order valence-electron chi connectivity index (χ4n) is 3.43. The SMILES string of the molecule is CCOC(=O)c1cc(CCC(=O)OC)c2cc(Cc3ccc(F)cc3)cnc2c1OC. The zero-order valence-electron chi connectivity index (χ0n) is 17.7. The highest BCUT2D eigenvalue weighted by Crippen LogP contribution is 2.33. The van der Waals surface area contributed by atoms with Crippen LogP contribution in [0, 0.1) is 5.82 Å².